The van der Waals surface area contributed by atoms with E-state index in [2.05, 4.69) is 5.32 Å². The highest BCUT2D eigenvalue weighted by molar-refractivity contribution is 7.99. The number of carboxylic acid groups (broad SMARTS) is 1. The van der Waals surface area contributed by atoms with Gasteiger partial charge in [0.1, 0.15) is 5.75 Å². The number of carbonyl (C=O) groups excluding carboxylic acids is 1. The molecule has 6 heteroatoms. The number of carboxylic acids is 1. The second kappa shape index (κ2) is 8.97. The Morgan fingerprint density at radius 2 is 1.88 bits per heavy atom. The molecule has 1 aromatic rings. The molecule has 2 rings (SSSR count). The Kier molecular flexibility index (Phi) is 6.97. The van der Waals surface area contributed by atoms with E-state index >= 15 is 0 Å². The summed E-state index contributed by atoms with van der Waals surface area (Å²) in [5.41, 5.74) is -0.767. The number of ether oxygens (including phenoxy) is 1. The summed E-state index contributed by atoms with van der Waals surface area (Å²) in [5.74, 6) is 0.610. The smallest absolute Gasteiger partial charge is 0.311 e. The van der Waals surface area contributed by atoms with Gasteiger partial charge in [0.05, 0.1) is 12.5 Å². The lowest BCUT2D eigenvalue weighted by molar-refractivity contribution is -0.151. The zero-order chi connectivity index (χ0) is 17.4. The highest BCUT2D eigenvalue weighted by Gasteiger charge is 2.39. The molecule has 1 fully saturated rings. The summed E-state index contributed by atoms with van der Waals surface area (Å²) >= 11 is 1.60. The van der Waals surface area contributed by atoms with Crippen LogP contribution in [-0.2, 0) is 9.59 Å². The fraction of sp³-hybridized carbons (Fsp3) is 0.556. The molecule has 1 aliphatic rings. The minimum atomic E-state index is -0.782. The third-order valence-corrected chi connectivity index (χ3v) is 5.56. The predicted molar refractivity (Wildman–Crippen MR) is 94.5 cm³/mol. The van der Waals surface area contributed by atoms with Gasteiger partial charge in [-0.1, -0.05) is 19.3 Å². The summed E-state index contributed by atoms with van der Waals surface area (Å²) in [6.07, 6.45) is 4.63. The van der Waals surface area contributed by atoms with Crippen LogP contribution < -0.4 is 10.1 Å². The van der Waals surface area contributed by atoms with Crippen molar-refractivity contribution < 1.29 is 19.4 Å². The van der Waals surface area contributed by atoms with Crippen LogP contribution in [0.4, 0.5) is 0 Å². The van der Waals surface area contributed by atoms with Crippen molar-refractivity contribution in [1.82, 2.24) is 5.32 Å². The minimum Gasteiger partial charge on any atom is -0.497 e. The van der Waals surface area contributed by atoms with Gasteiger partial charge < -0.3 is 15.2 Å². The number of methoxy groups -OCH3 is 1. The van der Waals surface area contributed by atoms with E-state index in [1.54, 1.807) is 18.9 Å². The lowest BCUT2D eigenvalue weighted by atomic mass is 9.74. The number of hydrogen-bond acceptors (Lipinski definition) is 4. The summed E-state index contributed by atoms with van der Waals surface area (Å²) < 4.78 is 5.11. The van der Waals surface area contributed by atoms with Crippen LogP contribution in [0.25, 0.3) is 0 Å². The molecular formula is C18H25NO4S. The fourth-order valence-electron chi connectivity index (χ4n) is 2.98. The quantitative estimate of drug-likeness (QED) is 0.703. The van der Waals surface area contributed by atoms with Crippen molar-refractivity contribution in [3.8, 4) is 5.75 Å². The molecule has 5 nitrogen and oxygen atoms in total. The Balaban J connectivity index is 1.73. The monoisotopic (exact) mass is 351 g/mol. The van der Waals surface area contributed by atoms with Crippen LogP contribution in [0.2, 0.25) is 0 Å². The van der Waals surface area contributed by atoms with Gasteiger partial charge in [-0.15, -0.1) is 11.8 Å². The van der Waals surface area contributed by atoms with Crippen LogP contribution in [0.3, 0.4) is 0 Å². The molecule has 0 unspecified atom stereocenters. The molecule has 2 N–H and O–H groups in total. The summed E-state index contributed by atoms with van der Waals surface area (Å²) in [6, 6.07) is 7.70. The fourth-order valence-corrected chi connectivity index (χ4v) is 3.84. The van der Waals surface area contributed by atoms with Crippen LogP contribution >= 0.6 is 11.8 Å². The van der Waals surface area contributed by atoms with Crippen molar-refractivity contribution in [1.29, 1.82) is 0 Å². The first-order chi connectivity index (χ1) is 11.6. The van der Waals surface area contributed by atoms with E-state index in [4.69, 9.17) is 4.74 Å². The molecule has 1 saturated carbocycles. The zero-order valence-corrected chi connectivity index (χ0v) is 14.9. The van der Waals surface area contributed by atoms with Crippen LogP contribution in [-0.4, -0.2) is 36.4 Å². The van der Waals surface area contributed by atoms with Crippen molar-refractivity contribution in [3.63, 3.8) is 0 Å². The van der Waals surface area contributed by atoms with E-state index < -0.39 is 11.4 Å². The molecule has 0 bridgehead atoms. The highest BCUT2D eigenvalue weighted by atomic mass is 32.2. The molecule has 0 atom stereocenters. The van der Waals surface area contributed by atoms with E-state index in [9.17, 15) is 14.7 Å². The molecule has 0 aromatic heterocycles. The Hall–Kier alpha value is -1.69. The maximum absolute atomic E-state index is 12.0. The van der Waals surface area contributed by atoms with Crippen LogP contribution in [0.5, 0.6) is 5.75 Å². The van der Waals surface area contributed by atoms with Crippen LogP contribution in [0.1, 0.15) is 38.5 Å². The van der Waals surface area contributed by atoms with E-state index in [0.717, 1.165) is 29.9 Å². The van der Waals surface area contributed by atoms with E-state index in [0.29, 0.717) is 25.0 Å². The number of carbonyl (C=O) groups is 2. The van der Waals surface area contributed by atoms with Gasteiger partial charge in [0.15, 0.2) is 0 Å². The second-order valence-corrected chi connectivity index (χ2v) is 7.37. The first-order valence-corrected chi connectivity index (χ1v) is 9.31. The first kappa shape index (κ1) is 18.6. The SMILES string of the molecule is COc1ccc(SCCC(=O)NCC2(C(=O)O)CCCCC2)cc1. The lowest BCUT2D eigenvalue weighted by Crippen LogP contribution is -2.44. The average molecular weight is 351 g/mol. The predicted octanol–water partition coefficient (Wildman–Crippen LogP) is 3.33. The molecule has 24 heavy (non-hydrogen) atoms. The summed E-state index contributed by atoms with van der Waals surface area (Å²) in [6.45, 7) is 0.244. The van der Waals surface area contributed by atoms with E-state index in [-0.39, 0.29) is 12.5 Å². The first-order valence-electron chi connectivity index (χ1n) is 8.33. The van der Waals surface area contributed by atoms with Crippen LogP contribution in [0.15, 0.2) is 29.2 Å². The Morgan fingerprint density at radius 1 is 1.21 bits per heavy atom. The number of benzene rings is 1. The molecular weight excluding hydrogens is 326 g/mol. The molecule has 0 radical (unpaired) electrons. The number of nitrogens with one attached hydrogen (secondary N) is 1. The van der Waals surface area contributed by atoms with Crippen LogP contribution in [0, 0.1) is 5.41 Å². The maximum Gasteiger partial charge on any atom is 0.311 e. The van der Waals surface area contributed by atoms with E-state index in [1.165, 1.54) is 0 Å². The van der Waals surface area contributed by atoms with Gasteiger partial charge in [0.2, 0.25) is 5.91 Å². The molecule has 0 saturated heterocycles. The number of thioether (sulfide) groups is 1. The standard InChI is InChI=1S/C18H25NO4S/c1-23-14-5-7-15(8-6-14)24-12-9-16(20)19-13-18(17(21)22)10-3-2-4-11-18/h5-8H,2-4,9-13H2,1H3,(H,19,20)(H,21,22). The molecule has 0 heterocycles. The topological polar surface area (TPSA) is 75.6 Å². The van der Waals surface area contributed by atoms with Gasteiger partial charge in [-0.05, 0) is 37.1 Å². The van der Waals surface area contributed by atoms with Crippen molar-refractivity contribution in [2.24, 2.45) is 5.41 Å². The van der Waals surface area contributed by atoms with Gasteiger partial charge >= 0.3 is 5.97 Å². The van der Waals surface area contributed by atoms with Gasteiger partial charge in [0.25, 0.3) is 0 Å². The highest BCUT2D eigenvalue weighted by Crippen LogP contribution is 2.36. The Bertz CT molecular complexity index is 553. The molecule has 1 aromatic carbocycles. The number of rotatable bonds is 8. The number of aliphatic carboxylic acids is 1. The summed E-state index contributed by atoms with van der Waals surface area (Å²) in [5, 5.41) is 12.3. The maximum atomic E-state index is 12.0. The zero-order valence-electron chi connectivity index (χ0n) is 14.0. The molecule has 0 aliphatic heterocycles. The van der Waals surface area contributed by atoms with Gasteiger partial charge in [-0.25, -0.2) is 0 Å². The van der Waals surface area contributed by atoms with Crippen molar-refractivity contribution >= 4 is 23.6 Å². The van der Waals surface area contributed by atoms with E-state index in [1.807, 2.05) is 24.3 Å². The third kappa shape index (κ3) is 5.16. The molecule has 0 spiro atoms. The largest absolute Gasteiger partial charge is 0.497 e. The summed E-state index contributed by atoms with van der Waals surface area (Å²) in [7, 11) is 1.63. The third-order valence-electron chi connectivity index (χ3n) is 4.55. The number of hydrogen-bond donors (Lipinski definition) is 2. The minimum absolute atomic E-state index is 0.0813. The van der Waals surface area contributed by atoms with Crippen molar-refractivity contribution in [3.05, 3.63) is 24.3 Å². The normalized spacial score (nSPS) is 16.4. The summed E-state index contributed by atoms with van der Waals surface area (Å²) in [4.78, 5) is 24.7. The molecule has 1 amide bonds. The Morgan fingerprint density at radius 3 is 2.46 bits per heavy atom. The van der Waals surface area contributed by atoms with Crippen molar-refractivity contribution in [2.75, 3.05) is 19.4 Å². The van der Waals surface area contributed by atoms with Gasteiger partial charge in [0, 0.05) is 23.6 Å². The van der Waals surface area contributed by atoms with Gasteiger partial charge in [-0.3, -0.25) is 9.59 Å². The van der Waals surface area contributed by atoms with Crippen molar-refractivity contribution in [2.45, 2.75) is 43.4 Å². The molecule has 132 valence electrons. The Labute approximate surface area is 147 Å². The lowest BCUT2D eigenvalue weighted by Gasteiger charge is -2.33. The number of amides is 1. The average Bonchev–Trinajstić information content (AvgIpc) is 2.61. The molecule has 1 aliphatic carbocycles. The van der Waals surface area contributed by atoms with Gasteiger partial charge in [-0.2, -0.15) is 0 Å². The second-order valence-electron chi connectivity index (χ2n) is 6.20.